The molecule has 3 aromatic rings. The first kappa shape index (κ1) is 19.9. The highest BCUT2D eigenvalue weighted by atomic mass is 35.5. The van der Waals surface area contributed by atoms with E-state index in [0.717, 1.165) is 11.4 Å². The smallest absolute Gasteiger partial charge is 0.258 e. The molecule has 0 radical (unpaired) electrons. The van der Waals surface area contributed by atoms with Crippen molar-refractivity contribution < 1.29 is 4.79 Å². The maximum Gasteiger partial charge on any atom is 0.258 e. The molecule has 0 saturated heterocycles. The number of halogens is 2. The van der Waals surface area contributed by atoms with Gasteiger partial charge in [-0.3, -0.25) is 4.79 Å². The quantitative estimate of drug-likeness (QED) is 0.608. The Morgan fingerprint density at radius 1 is 1.14 bits per heavy atom. The molecule has 28 heavy (non-hydrogen) atoms. The van der Waals surface area contributed by atoms with Crippen LogP contribution in [-0.2, 0) is 5.41 Å². The number of carbonyl (C=O) groups excluding carboxylic acids is 1. The molecule has 3 rings (SSSR count). The van der Waals surface area contributed by atoms with E-state index in [2.05, 4.69) is 16.5 Å². The SMILES string of the molecule is CC(C)(C)c1cc(NC(=O)c2cccc(Cl)c2Cl)n(-c2ccc(C#N)cc2)n1. The predicted molar refractivity (Wildman–Crippen MR) is 111 cm³/mol. The number of amides is 1. The van der Waals surface area contributed by atoms with Gasteiger partial charge in [0.1, 0.15) is 5.82 Å². The lowest BCUT2D eigenvalue weighted by Crippen LogP contribution is -2.15. The lowest BCUT2D eigenvalue weighted by Gasteiger charge is -2.14. The number of nitriles is 1. The van der Waals surface area contributed by atoms with Crippen LogP contribution in [0.3, 0.4) is 0 Å². The molecule has 1 aromatic heterocycles. The second-order valence-electron chi connectivity index (χ2n) is 7.29. The van der Waals surface area contributed by atoms with Gasteiger partial charge in [0.25, 0.3) is 5.91 Å². The average molecular weight is 413 g/mol. The monoisotopic (exact) mass is 412 g/mol. The van der Waals surface area contributed by atoms with Gasteiger partial charge in [-0.2, -0.15) is 10.4 Å². The van der Waals surface area contributed by atoms with Gasteiger partial charge in [0.15, 0.2) is 0 Å². The van der Waals surface area contributed by atoms with E-state index in [1.807, 2.05) is 26.8 Å². The minimum atomic E-state index is -0.386. The van der Waals surface area contributed by atoms with Crippen LogP contribution in [0, 0.1) is 11.3 Å². The van der Waals surface area contributed by atoms with Crippen LogP contribution in [-0.4, -0.2) is 15.7 Å². The number of nitrogens with one attached hydrogen (secondary N) is 1. The molecule has 1 N–H and O–H groups in total. The molecule has 0 bridgehead atoms. The second-order valence-corrected chi connectivity index (χ2v) is 8.08. The molecule has 7 heteroatoms. The summed E-state index contributed by atoms with van der Waals surface area (Å²) in [4.78, 5) is 12.8. The average Bonchev–Trinajstić information content (AvgIpc) is 3.08. The topological polar surface area (TPSA) is 70.7 Å². The van der Waals surface area contributed by atoms with Crippen LogP contribution < -0.4 is 5.32 Å². The highest BCUT2D eigenvalue weighted by Crippen LogP contribution is 2.29. The minimum Gasteiger partial charge on any atom is -0.306 e. The summed E-state index contributed by atoms with van der Waals surface area (Å²) in [5, 5.41) is 17.0. The largest absolute Gasteiger partial charge is 0.306 e. The van der Waals surface area contributed by atoms with Crippen LogP contribution in [0.4, 0.5) is 5.82 Å². The lowest BCUT2D eigenvalue weighted by molar-refractivity contribution is 0.102. The molecular weight excluding hydrogens is 395 g/mol. The number of hydrogen-bond acceptors (Lipinski definition) is 3. The second kappa shape index (κ2) is 7.67. The third-order valence-corrected chi connectivity index (χ3v) is 4.98. The Morgan fingerprint density at radius 2 is 1.82 bits per heavy atom. The molecule has 0 atom stereocenters. The number of rotatable bonds is 3. The molecule has 5 nitrogen and oxygen atoms in total. The van der Waals surface area contributed by atoms with Crippen molar-refractivity contribution in [3.63, 3.8) is 0 Å². The normalized spacial score (nSPS) is 11.1. The molecule has 1 amide bonds. The van der Waals surface area contributed by atoms with E-state index in [-0.39, 0.29) is 21.9 Å². The standard InChI is InChI=1S/C21H18Cl2N4O/c1-21(2,3)17-11-18(25-20(28)15-5-4-6-16(22)19(15)23)27(26-17)14-9-7-13(12-24)8-10-14/h4-11H,1-3H3,(H,25,28). The van der Waals surface area contributed by atoms with Gasteiger partial charge >= 0.3 is 0 Å². The molecule has 0 spiro atoms. The maximum absolute atomic E-state index is 12.8. The molecule has 0 unspecified atom stereocenters. The van der Waals surface area contributed by atoms with Crippen molar-refractivity contribution in [1.82, 2.24) is 9.78 Å². The Balaban J connectivity index is 2.03. The van der Waals surface area contributed by atoms with Gasteiger partial charge in [-0.25, -0.2) is 4.68 Å². The fourth-order valence-electron chi connectivity index (χ4n) is 2.57. The lowest BCUT2D eigenvalue weighted by atomic mass is 9.92. The Kier molecular flexibility index (Phi) is 5.46. The van der Waals surface area contributed by atoms with Gasteiger partial charge in [-0.15, -0.1) is 0 Å². The molecule has 2 aromatic carbocycles. The Hall–Kier alpha value is -2.81. The van der Waals surface area contributed by atoms with Crippen LogP contribution in [0.2, 0.25) is 10.0 Å². The summed E-state index contributed by atoms with van der Waals surface area (Å²) in [7, 11) is 0. The molecule has 0 aliphatic rings. The van der Waals surface area contributed by atoms with Crippen LogP contribution in [0.1, 0.15) is 42.4 Å². The van der Waals surface area contributed by atoms with E-state index in [4.69, 9.17) is 28.5 Å². The van der Waals surface area contributed by atoms with Crippen molar-refractivity contribution in [2.24, 2.45) is 0 Å². The number of benzene rings is 2. The third kappa shape index (κ3) is 4.04. The molecule has 0 aliphatic heterocycles. The van der Waals surface area contributed by atoms with E-state index < -0.39 is 0 Å². The summed E-state index contributed by atoms with van der Waals surface area (Å²) < 4.78 is 1.64. The third-order valence-electron chi connectivity index (χ3n) is 4.16. The number of anilines is 1. The van der Waals surface area contributed by atoms with Crippen molar-refractivity contribution in [3.05, 3.63) is 75.4 Å². The number of nitrogens with zero attached hydrogens (tertiary/aromatic N) is 3. The van der Waals surface area contributed by atoms with Gasteiger partial charge in [0.2, 0.25) is 0 Å². The Morgan fingerprint density at radius 3 is 2.43 bits per heavy atom. The summed E-state index contributed by atoms with van der Waals surface area (Å²) >= 11 is 12.2. The van der Waals surface area contributed by atoms with E-state index in [1.54, 1.807) is 47.1 Å². The first-order valence-corrected chi connectivity index (χ1v) is 9.33. The minimum absolute atomic E-state index is 0.196. The van der Waals surface area contributed by atoms with Gasteiger partial charge in [-0.05, 0) is 36.4 Å². The number of carbonyl (C=O) groups is 1. The molecular formula is C21H18Cl2N4O. The Labute approximate surface area is 173 Å². The summed E-state index contributed by atoms with van der Waals surface area (Å²) in [6.07, 6.45) is 0. The van der Waals surface area contributed by atoms with Crippen LogP contribution in [0.15, 0.2) is 48.5 Å². The van der Waals surface area contributed by atoms with E-state index in [1.165, 1.54) is 0 Å². The zero-order valence-electron chi connectivity index (χ0n) is 15.6. The summed E-state index contributed by atoms with van der Waals surface area (Å²) in [5.74, 6) is 0.110. The summed E-state index contributed by atoms with van der Waals surface area (Å²) in [6.45, 7) is 6.12. The first-order valence-electron chi connectivity index (χ1n) is 8.57. The van der Waals surface area contributed by atoms with E-state index in [0.29, 0.717) is 16.4 Å². The molecule has 0 saturated carbocycles. The molecule has 0 aliphatic carbocycles. The van der Waals surface area contributed by atoms with E-state index in [9.17, 15) is 4.79 Å². The molecule has 0 fully saturated rings. The highest BCUT2D eigenvalue weighted by molar-refractivity contribution is 6.44. The van der Waals surface area contributed by atoms with Crippen molar-refractivity contribution in [2.75, 3.05) is 5.32 Å². The zero-order valence-corrected chi connectivity index (χ0v) is 17.1. The fraction of sp³-hybridized carbons (Fsp3) is 0.190. The van der Waals surface area contributed by atoms with Crippen molar-refractivity contribution in [2.45, 2.75) is 26.2 Å². The highest BCUT2D eigenvalue weighted by Gasteiger charge is 2.22. The zero-order chi connectivity index (χ0) is 20.5. The first-order chi connectivity index (χ1) is 13.2. The van der Waals surface area contributed by atoms with Gasteiger partial charge in [-0.1, -0.05) is 50.0 Å². The van der Waals surface area contributed by atoms with Gasteiger partial charge in [0.05, 0.1) is 38.6 Å². The predicted octanol–water partition coefficient (Wildman–Crippen LogP) is 5.60. The van der Waals surface area contributed by atoms with Crippen molar-refractivity contribution >= 4 is 34.9 Å². The number of hydrogen-bond donors (Lipinski definition) is 1. The van der Waals surface area contributed by atoms with Crippen molar-refractivity contribution in [1.29, 1.82) is 5.26 Å². The van der Waals surface area contributed by atoms with Crippen LogP contribution >= 0.6 is 23.2 Å². The molecule has 1 heterocycles. The van der Waals surface area contributed by atoms with Crippen LogP contribution in [0.5, 0.6) is 0 Å². The van der Waals surface area contributed by atoms with E-state index >= 15 is 0 Å². The summed E-state index contributed by atoms with van der Waals surface area (Å²) in [5.41, 5.74) is 2.14. The van der Waals surface area contributed by atoms with Crippen molar-refractivity contribution in [3.8, 4) is 11.8 Å². The van der Waals surface area contributed by atoms with Gasteiger partial charge in [0, 0.05) is 11.5 Å². The summed E-state index contributed by atoms with van der Waals surface area (Å²) in [6, 6.07) is 15.8. The maximum atomic E-state index is 12.8. The van der Waals surface area contributed by atoms with Crippen LogP contribution in [0.25, 0.3) is 5.69 Å². The van der Waals surface area contributed by atoms with Gasteiger partial charge < -0.3 is 5.32 Å². The number of aromatic nitrogens is 2. The Bertz CT molecular complexity index is 1070. The fourth-order valence-corrected chi connectivity index (χ4v) is 2.96. The molecule has 142 valence electrons.